The van der Waals surface area contributed by atoms with Crippen molar-refractivity contribution in [3.8, 4) is 0 Å². The molecule has 0 atom stereocenters. The van der Waals surface area contributed by atoms with Crippen molar-refractivity contribution >= 4 is 38.8 Å². The second-order valence-electron chi connectivity index (χ2n) is 3.54. The number of aromatic nitrogens is 1. The first kappa shape index (κ1) is 11.4. The molecule has 2 N–H and O–H groups in total. The summed E-state index contributed by atoms with van der Waals surface area (Å²) in [6.45, 7) is 0.854. The van der Waals surface area contributed by atoms with Crippen LogP contribution in [0.5, 0.6) is 0 Å². The number of halogens is 1. The lowest BCUT2D eigenvalue weighted by molar-refractivity contribution is 0.913. The Morgan fingerprint density at radius 2 is 2.31 bits per heavy atom. The smallest absolute Gasteiger partial charge is 0.128 e. The third-order valence-corrected chi connectivity index (χ3v) is 3.86. The number of anilines is 2. The van der Waals surface area contributed by atoms with Gasteiger partial charge in [-0.1, -0.05) is 0 Å². The first-order chi connectivity index (χ1) is 7.65. The molecule has 16 heavy (non-hydrogen) atoms. The maximum atomic E-state index is 5.60. The van der Waals surface area contributed by atoms with Gasteiger partial charge < -0.3 is 10.6 Å². The summed E-state index contributed by atoms with van der Waals surface area (Å²) in [5.74, 6) is 0.929. The summed E-state index contributed by atoms with van der Waals surface area (Å²) >= 11 is 5.18. The Labute approximate surface area is 107 Å². The van der Waals surface area contributed by atoms with Crippen molar-refractivity contribution in [1.29, 1.82) is 0 Å². The van der Waals surface area contributed by atoms with Crippen LogP contribution in [0.2, 0.25) is 0 Å². The maximum Gasteiger partial charge on any atom is 0.128 e. The molecule has 0 aliphatic rings. The molecule has 0 unspecified atom stereocenters. The number of hydrogen-bond acceptors (Lipinski definition) is 4. The Morgan fingerprint density at radius 1 is 1.50 bits per heavy atom. The predicted molar refractivity (Wildman–Crippen MR) is 72.8 cm³/mol. The van der Waals surface area contributed by atoms with Crippen molar-refractivity contribution in [2.75, 3.05) is 17.7 Å². The summed E-state index contributed by atoms with van der Waals surface area (Å²) in [4.78, 5) is 7.67. The van der Waals surface area contributed by atoms with Gasteiger partial charge in [0.2, 0.25) is 0 Å². The number of nitrogen functional groups attached to an aromatic ring is 1. The summed E-state index contributed by atoms with van der Waals surface area (Å²) in [5, 5.41) is 2.08. The lowest BCUT2D eigenvalue weighted by atomic mass is 10.4. The number of thiophene rings is 1. The summed E-state index contributed by atoms with van der Waals surface area (Å²) < 4.78 is 1.13. The third-order valence-electron chi connectivity index (χ3n) is 2.18. The van der Waals surface area contributed by atoms with Crippen molar-refractivity contribution in [2.24, 2.45) is 0 Å². The molecule has 2 aromatic heterocycles. The molecule has 0 saturated carbocycles. The van der Waals surface area contributed by atoms with Gasteiger partial charge in [0.05, 0.1) is 18.4 Å². The van der Waals surface area contributed by atoms with Crippen LogP contribution in [-0.4, -0.2) is 12.0 Å². The van der Waals surface area contributed by atoms with E-state index >= 15 is 0 Å². The fourth-order valence-electron chi connectivity index (χ4n) is 1.37. The number of hydrogen-bond donors (Lipinski definition) is 1. The molecule has 0 spiro atoms. The summed E-state index contributed by atoms with van der Waals surface area (Å²) in [7, 11) is 2.02. The molecule has 2 rings (SSSR count). The SMILES string of the molecule is CN(Cc1cc(Br)cs1)c1ccc(N)cn1. The predicted octanol–water partition coefficient (Wildman–Crippen LogP) is 3.12. The van der Waals surface area contributed by atoms with Gasteiger partial charge in [0.1, 0.15) is 5.82 Å². The average Bonchev–Trinajstić information content (AvgIpc) is 2.65. The molecule has 5 heteroatoms. The van der Waals surface area contributed by atoms with Gasteiger partial charge >= 0.3 is 0 Å². The van der Waals surface area contributed by atoms with E-state index in [1.807, 2.05) is 19.2 Å². The standard InChI is InChI=1S/C11H12BrN3S/c1-15(6-10-4-8(12)7-16-10)11-3-2-9(13)5-14-11/h2-5,7H,6,13H2,1H3. The fourth-order valence-corrected chi connectivity index (χ4v) is 2.88. The number of nitrogens with two attached hydrogens (primary N) is 1. The highest BCUT2D eigenvalue weighted by Gasteiger charge is 2.05. The van der Waals surface area contributed by atoms with Crippen LogP contribution in [0.15, 0.2) is 34.2 Å². The molecule has 0 aliphatic heterocycles. The molecule has 0 aromatic carbocycles. The molecule has 84 valence electrons. The summed E-state index contributed by atoms with van der Waals surface area (Å²) in [6.07, 6.45) is 1.68. The second-order valence-corrected chi connectivity index (χ2v) is 5.45. The molecule has 0 saturated heterocycles. The van der Waals surface area contributed by atoms with Gasteiger partial charge in [0.25, 0.3) is 0 Å². The number of pyridine rings is 1. The summed E-state index contributed by atoms with van der Waals surface area (Å²) in [5.41, 5.74) is 6.29. The minimum Gasteiger partial charge on any atom is -0.397 e. The van der Waals surface area contributed by atoms with Gasteiger partial charge in [0.15, 0.2) is 0 Å². The monoisotopic (exact) mass is 297 g/mol. The van der Waals surface area contributed by atoms with Crippen LogP contribution in [0.25, 0.3) is 0 Å². The Bertz CT molecular complexity index is 466. The van der Waals surface area contributed by atoms with Crippen molar-refractivity contribution < 1.29 is 0 Å². The second kappa shape index (κ2) is 4.84. The van der Waals surface area contributed by atoms with E-state index in [1.165, 1.54) is 4.88 Å². The van der Waals surface area contributed by atoms with Crippen LogP contribution in [0, 0.1) is 0 Å². The van der Waals surface area contributed by atoms with E-state index in [9.17, 15) is 0 Å². The number of nitrogens with zero attached hydrogens (tertiary/aromatic N) is 2. The molecule has 3 nitrogen and oxygen atoms in total. The van der Waals surface area contributed by atoms with Crippen LogP contribution in [0.1, 0.15) is 4.88 Å². The molecular formula is C11H12BrN3S. The van der Waals surface area contributed by atoms with Crippen LogP contribution in [0.3, 0.4) is 0 Å². The maximum absolute atomic E-state index is 5.60. The van der Waals surface area contributed by atoms with E-state index in [2.05, 4.69) is 37.3 Å². The number of rotatable bonds is 3. The Balaban J connectivity index is 2.08. The minimum atomic E-state index is 0.691. The van der Waals surface area contributed by atoms with Crippen LogP contribution < -0.4 is 10.6 Å². The zero-order chi connectivity index (χ0) is 11.5. The molecule has 0 radical (unpaired) electrons. The summed E-state index contributed by atoms with van der Waals surface area (Å²) in [6, 6.07) is 5.92. The molecule has 0 amide bonds. The first-order valence-electron chi connectivity index (χ1n) is 4.81. The van der Waals surface area contributed by atoms with E-state index in [0.717, 1.165) is 16.8 Å². The lowest BCUT2D eigenvalue weighted by Crippen LogP contribution is -2.16. The van der Waals surface area contributed by atoms with Gasteiger partial charge in [-0.05, 0) is 34.1 Å². The Kier molecular flexibility index (Phi) is 3.46. The highest BCUT2D eigenvalue weighted by atomic mass is 79.9. The van der Waals surface area contributed by atoms with Gasteiger partial charge in [0, 0.05) is 21.8 Å². The van der Waals surface area contributed by atoms with Crippen molar-refractivity contribution in [3.05, 3.63) is 39.1 Å². The van der Waals surface area contributed by atoms with Gasteiger partial charge in [-0.15, -0.1) is 11.3 Å². The van der Waals surface area contributed by atoms with Gasteiger partial charge in [-0.25, -0.2) is 4.98 Å². The largest absolute Gasteiger partial charge is 0.397 e. The molecule has 0 bridgehead atoms. The van der Waals surface area contributed by atoms with Crippen molar-refractivity contribution in [2.45, 2.75) is 6.54 Å². The van der Waals surface area contributed by atoms with E-state index in [0.29, 0.717) is 5.69 Å². The quantitative estimate of drug-likeness (QED) is 0.946. The zero-order valence-corrected chi connectivity index (χ0v) is 11.3. The van der Waals surface area contributed by atoms with Gasteiger partial charge in [-0.2, -0.15) is 0 Å². The normalized spacial score (nSPS) is 10.4. The lowest BCUT2D eigenvalue weighted by Gasteiger charge is -2.16. The third kappa shape index (κ3) is 2.74. The van der Waals surface area contributed by atoms with E-state index in [1.54, 1.807) is 17.5 Å². The fraction of sp³-hybridized carbons (Fsp3) is 0.182. The molecule has 0 aliphatic carbocycles. The van der Waals surface area contributed by atoms with Crippen LogP contribution in [0.4, 0.5) is 11.5 Å². The Morgan fingerprint density at radius 3 is 2.88 bits per heavy atom. The van der Waals surface area contributed by atoms with E-state index in [4.69, 9.17) is 5.73 Å². The Hall–Kier alpha value is -1.07. The molecule has 2 heterocycles. The molecule has 2 aromatic rings. The zero-order valence-electron chi connectivity index (χ0n) is 8.85. The highest BCUT2D eigenvalue weighted by Crippen LogP contribution is 2.22. The first-order valence-corrected chi connectivity index (χ1v) is 6.48. The van der Waals surface area contributed by atoms with Crippen molar-refractivity contribution in [1.82, 2.24) is 4.98 Å². The average molecular weight is 298 g/mol. The van der Waals surface area contributed by atoms with Crippen LogP contribution in [-0.2, 0) is 6.54 Å². The van der Waals surface area contributed by atoms with Crippen LogP contribution >= 0.6 is 27.3 Å². The molecule has 0 fully saturated rings. The highest BCUT2D eigenvalue weighted by molar-refractivity contribution is 9.10. The van der Waals surface area contributed by atoms with Crippen molar-refractivity contribution in [3.63, 3.8) is 0 Å². The van der Waals surface area contributed by atoms with E-state index < -0.39 is 0 Å². The molecular weight excluding hydrogens is 286 g/mol. The topological polar surface area (TPSA) is 42.1 Å². The minimum absolute atomic E-state index is 0.691. The van der Waals surface area contributed by atoms with Gasteiger partial charge in [-0.3, -0.25) is 0 Å². The van der Waals surface area contributed by atoms with E-state index in [-0.39, 0.29) is 0 Å².